The molecule has 0 fully saturated rings. The van der Waals surface area contributed by atoms with Crippen molar-refractivity contribution in [2.75, 3.05) is 7.05 Å². The Hall–Kier alpha value is -2.06. The minimum absolute atomic E-state index is 0.0529. The SMILES string of the molecule is Cc1nc(-c2ccsc2)sc1C(=O)N(C)Cc1ncn[nH]1. The molecule has 0 saturated carbocycles. The van der Waals surface area contributed by atoms with Gasteiger partial charge >= 0.3 is 0 Å². The number of nitrogens with zero attached hydrogens (tertiary/aromatic N) is 4. The van der Waals surface area contributed by atoms with Crippen molar-refractivity contribution in [1.82, 2.24) is 25.1 Å². The Balaban J connectivity index is 1.81. The van der Waals surface area contributed by atoms with Crippen LogP contribution in [0.15, 0.2) is 23.2 Å². The molecule has 3 aromatic heterocycles. The number of aromatic amines is 1. The Bertz CT molecular complexity index is 733. The highest BCUT2D eigenvalue weighted by Gasteiger charge is 2.20. The highest BCUT2D eigenvalue weighted by molar-refractivity contribution is 7.17. The van der Waals surface area contributed by atoms with Gasteiger partial charge in [0.05, 0.1) is 12.2 Å². The van der Waals surface area contributed by atoms with Crippen LogP contribution in [-0.2, 0) is 6.54 Å². The second kappa shape index (κ2) is 5.74. The van der Waals surface area contributed by atoms with E-state index in [-0.39, 0.29) is 5.91 Å². The van der Waals surface area contributed by atoms with E-state index in [2.05, 4.69) is 20.2 Å². The number of thiazole rings is 1. The Morgan fingerprint density at radius 2 is 2.33 bits per heavy atom. The standard InChI is InChI=1S/C13H13N5OS2/c1-8-11(21-12(16-8)9-3-4-20-6-9)13(19)18(2)5-10-14-7-15-17-10/h3-4,6-7H,5H2,1-2H3,(H,14,15,17). The van der Waals surface area contributed by atoms with E-state index in [1.807, 2.05) is 23.8 Å². The van der Waals surface area contributed by atoms with E-state index < -0.39 is 0 Å². The van der Waals surface area contributed by atoms with E-state index in [1.165, 1.54) is 17.7 Å². The van der Waals surface area contributed by atoms with Crippen LogP contribution in [0.3, 0.4) is 0 Å². The summed E-state index contributed by atoms with van der Waals surface area (Å²) in [5, 5.41) is 11.4. The minimum atomic E-state index is -0.0529. The lowest BCUT2D eigenvalue weighted by molar-refractivity contribution is 0.0785. The highest BCUT2D eigenvalue weighted by atomic mass is 32.1. The fraction of sp³-hybridized carbons (Fsp3) is 0.231. The number of rotatable bonds is 4. The molecule has 0 aliphatic carbocycles. The molecule has 0 unspecified atom stereocenters. The van der Waals surface area contributed by atoms with Crippen molar-refractivity contribution in [3.05, 3.63) is 39.5 Å². The first kappa shape index (κ1) is 13.9. The van der Waals surface area contributed by atoms with Gasteiger partial charge < -0.3 is 4.90 Å². The molecule has 3 aromatic rings. The van der Waals surface area contributed by atoms with Crippen LogP contribution >= 0.6 is 22.7 Å². The molecule has 3 rings (SSSR count). The molecule has 1 amide bonds. The summed E-state index contributed by atoms with van der Waals surface area (Å²) >= 11 is 3.04. The van der Waals surface area contributed by atoms with Crippen LogP contribution in [0.25, 0.3) is 10.6 Å². The zero-order valence-electron chi connectivity index (χ0n) is 11.5. The second-order valence-electron chi connectivity index (χ2n) is 4.54. The van der Waals surface area contributed by atoms with Crippen molar-refractivity contribution < 1.29 is 4.79 Å². The maximum atomic E-state index is 12.5. The molecular weight excluding hydrogens is 306 g/mol. The van der Waals surface area contributed by atoms with Gasteiger partial charge in [-0.25, -0.2) is 9.97 Å². The zero-order chi connectivity index (χ0) is 14.8. The molecule has 1 N–H and O–H groups in total. The van der Waals surface area contributed by atoms with Gasteiger partial charge in [-0.1, -0.05) is 0 Å². The quantitative estimate of drug-likeness (QED) is 0.802. The third-order valence-corrected chi connectivity index (χ3v) is 4.84. The average molecular weight is 319 g/mol. The normalized spacial score (nSPS) is 10.8. The number of carbonyl (C=O) groups is 1. The topological polar surface area (TPSA) is 74.8 Å². The van der Waals surface area contributed by atoms with Crippen molar-refractivity contribution in [3.63, 3.8) is 0 Å². The van der Waals surface area contributed by atoms with Crippen LogP contribution in [-0.4, -0.2) is 38.0 Å². The molecule has 108 valence electrons. The average Bonchev–Trinajstić information content (AvgIpc) is 3.18. The first-order valence-corrected chi connectivity index (χ1v) is 8.01. The van der Waals surface area contributed by atoms with E-state index in [4.69, 9.17) is 0 Å². The molecule has 3 heterocycles. The molecule has 0 saturated heterocycles. The third-order valence-electron chi connectivity index (χ3n) is 2.96. The number of nitrogens with one attached hydrogen (secondary N) is 1. The number of hydrogen-bond acceptors (Lipinski definition) is 6. The number of aromatic nitrogens is 4. The van der Waals surface area contributed by atoms with E-state index in [0.29, 0.717) is 17.2 Å². The van der Waals surface area contributed by atoms with Crippen LogP contribution in [0.5, 0.6) is 0 Å². The number of hydrogen-bond donors (Lipinski definition) is 1. The smallest absolute Gasteiger partial charge is 0.266 e. The van der Waals surface area contributed by atoms with Crippen LogP contribution in [0, 0.1) is 6.92 Å². The summed E-state index contributed by atoms with van der Waals surface area (Å²) in [6, 6.07) is 2.01. The first-order valence-electron chi connectivity index (χ1n) is 6.25. The minimum Gasteiger partial charge on any atom is -0.333 e. The molecule has 8 heteroatoms. The molecule has 0 aliphatic rings. The molecule has 0 radical (unpaired) electrons. The fourth-order valence-corrected chi connectivity index (χ4v) is 3.65. The highest BCUT2D eigenvalue weighted by Crippen LogP contribution is 2.30. The fourth-order valence-electron chi connectivity index (χ4n) is 1.88. The van der Waals surface area contributed by atoms with Gasteiger partial charge in [0.2, 0.25) is 0 Å². The van der Waals surface area contributed by atoms with Gasteiger partial charge in [0.25, 0.3) is 5.91 Å². The molecule has 0 aromatic carbocycles. The van der Waals surface area contributed by atoms with Crippen LogP contribution < -0.4 is 0 Å². The van der Waals surface area contributed by atoms with Gasteiger partial charge in [0, 0.05) is 18.0 Å². The first-order chi connectivity index (χ1) is 10.1. The van der Waals surface area contributed by atoms with Crippen molar-refractivity contribution >= 4 is 28.6 Å². The van der Waals surface area contributed by atoms with Crippen LogP contribution in [0.2, 0.25) is 0 Å². The zero-order valence-corrected chi connectivity index (χ0v) is 13.2. The van der Waals surface area contributed by atoms with Crippen molar-refractivity contribution in [3.8, 4) is 10.6 Å². The number of thiophene rings is 1. The number of amides is 1. The van der Waals surface area contributed by atoms with Gasteiger partial charge in [-0.3, -0.25) is 9.89 Å². The summed E-state index contributed by atoms with van der Waals surface area (Å²) in [4.78, 5) is 23.3. The molecule has 0 aliphatic heterocycles. The number of H-pyrrole nitrogens is 1. The molecular formula is C13H13N5OS2. The van der Waals surface area contributed by atoms with Crippen molar-refractivity contribution in [1.29, 1.82) is 0 Å². The molecule has 0 bridgehead atoms. The Kier molecular flexibility index (Phi) is 3.80. The van der Waals surface area contributed by atoms with Gasteiger partial charge in [0.1, 0.15) is 22.0 Å². The van der Waals surface area contributed by atoms with Gasteiger partial charge in [-0.05, 0) is 18.4 Å². The summed E-state index contributed by atoms with van der Waals surface area (Å²) in [5.74, 6) is 0.606. The van der Waals surface area contributed by atoms with E-state index in [0.717, 1.165) is 16.3 Å². The van der Waals surface area contributed by atoms with Crippen molar-refractivity contribution in [2.45, 2.75) is 13.5 Å². The van der Waals surface area contributed by atoms with E-state index in [9.17, 15) is 4.79 Å². The predicted molar refractivity (Wildman–Crippen MR) is 82.3 cm³/mol. The van der Waals surface area contributed by atoms with Gasteiger partial charge in [0.15, 0.2) is 0 Å². The lowest BCUT2D eigenvalue weighted by Gasteiger charge is -2.14. The monoisotopic (exact) mass is 319 g/mol. The summed E-state index contributed by atoms with van der Waals surface area (Å²) in [7, 11) is 1.74. The largest absolute Gasteiger partial charge is 0.333 e. The molecule has 21 heavy (non-hydrogen) atoms. The molecule has 0 spiro atoms. The Morgan fingerprint density at radius 3 is 3.00 bits per heavy atom. The maximum Gasteiger partial charge on any atom is 0.266 e. The summed E-state index contributed by atoms with van der Waals surface area (Å²) in [6.45, 7) is 2.26. The predicted octanol–water partition coefficient (Wildman–Crippen LogP) is 2.57. The van der Waals surface area contributed by atoms with E-state index in [1.54, 1.807) is 23.3 Å². The number of carbonyl (C=O) groups excluding carboxylic acids is 1. The lowest BCUT2D eigenvalue weighted by Crippen LogP contribution is -2.26. The third kappa shape index (κ3) is 2.86. The van der Waals surface area contributed by atoms with Gasteiger partial charge in [-0.2, -0.15) is 16.4 Å². The second-order valence-corrected chi connectivity index (χ2v) is 6.32. The lowest BCUT2D eigenvalue weighted by atomic mass is 10.3. The number of aryl methyl sites for hydroxylation is 1. The van der Waals surface area contributed by atoms with Crippen molar-refractivity contribution in [2.24, 2.45) is 0 Å². The van der Waals surface area contributed by atoms with E-state index >= 15 is 0 Å². The Labute approximate surface area is 129 Å². The molecule has 6 nitrogen and oxygen atoms in total. The maximum absolute atomic E-state index is 12.5. The van der Waals surface area contributed by atoms with Crippen LogP contribution in [0.1, 0.15) is 21.2 Å². The van der Waals surface area contributed by atoms with Gasteiger partial charge in [-0.15, -0.1) is 11.3 Å². The Morgan fingerprint density at radius 1 is 1.48 bits per heavy atom. The summed E-state index contributed by atoms with van der Waals surface area (Å²) in [6.07, 6.45) is 1.43. The summed E-state index contributed by atoms with van der Waals surface area (Å²) < 4.78 is 0. The summed E-state index contributed by atoms with van der Waals surface area (Å²) in [5.41, 5.74) is 1.82. The molecule has 0 atom stereocenters. The van der Waals surface area contributed by atoms with Crippen LogP contribution in [0.4, 0.5) is 0 Å².